The summed E-state index contributed by atoms with van der Waals surface area (Å²) in [6.45, 7) is 3.66. The Morgan fingerprint density at radius 1 is 1.26 bits per heavy atom. The Morgan fingerprint density at radius 2 is 1.96 bits per heavy atom. The zero-order valence-electron chi connectivity index (χ0n) is 12.8. The lowest BCUT2D eigenvalue weighted by Gasteiger charge is -2.11. The van der Waals surface area contributed by atoms with Crippen molar-refractivity contribution in [2.45, 2.75) is 30.5 Å². The third-order valence-corrected chi connectivity index (χ3v) is 5.82. The monoisotopic (exact) mass is 354 g/mol. The summed E-state index contributed by atoms with van der Waals surface area (Å²) < 4.78 is 26.6. The van der Waals surface area contributed by atoms with Gasteiger partial charge in [0.1, 0.15) is 0 Å². The van der Waals surface area contributed by atoms with Gasteiger partial charge in [-0.2, -0.15) is 0 Å². The summed E-state index contributed by atoms with van der Waals surface area (Å²) in [6, 6.07) is 9.90. The van der Waals surface area contributed by atoms with Gasteiger partial charge in [0.05, 0.1) is 0 Å². The van der Waals surface area contributed by atoms with Gasteiger partial charge in [-0.15, -0.1) is 10.2 Å². The van der Waals surface area contributed by atoms with Gasteiger partial charge in [-0.1, -0.05) is 48.6 Å². The number of rotatable bonds is 7. The zero-order valence-corrected chi connectivity index (χ0v) is 14.4. The van der Waals surface area contributed by atoms with Gasteiger partial charge >= 0.3 is 0 Å². The molecule has 1 heterocycles. The second-order valence-electron chi connectivity index (χ2n) is 5.05. The molecule has 0 fully saturated rings. The number of benzene rings is 1. The summed E-state index contributed by atoms with van der Waals surface area (Å²) in [5.41, 5.74) is 1.16. The van der Waals surface area contributed by atoms with Crippen molar-refractivity contribution in [1.29, 1.82) is 0 Å². The van der Waals surface area contributed by atoms with Gasteiger partial charge in [-0.3, -0.25) is 4.79 Å². The van der Waals surface area contributed by atoms with Crippen LogP contribution in [-0.2, 0) is 14.8 Å². The molecule has 1 amide bonds. The fourth-order valence-corrected chi connectivity index (χ4v) is 3.97. The van der Waals surface area contributed by atoms with Gasteiger partial charge in [0.15, 0.2) is 0 Å². The molecule has 0 aliphatic rings. The van der Waals surface area contributed by atoms with E-state index in [1.165, 1.54) is 6.92 Å². The van der Waals surface area contributed by atoms with Gasteiger partial charge in [0.25, 0.3) is 10.0 Å². The molecule has 0 aliphatic carbocycles. The van der Waals surface area contributed by atoms with Crippen molar-refractivity contribution in [2.75, 3.05) is 11.9 Å². The third-order valence-electron chi connectivity index (χ3n) is 3.16. The molecule has 1 aromatic heterocycles. The molecule has 0 bridgehead atoms. The molecule has 2 N–H and O–H groups in total. The van der Waals surface area contributed by atoms with Crippen LogP contribution in [0, 0.1) is 0 Å². The lowest BCUT2D eigenvalue weighted by atomic mass is 9.98. The van der Waals surface area contributed by atoms with Crippen molar-refractivity contribution in [3.05, 3.63) is 35.9 Å². The Labute approximate surface area is 139 Å². The predicted molar refractivity (Wildman–Crippen MR) is 88.9 cm³/mol. The molecule has 0 aliphatic heterocycles. The Kier molecular flexibility index (Phi) is 5.80. The molecule has 0 saturated heterocycles. The summed E-state index contributed by atoms with van der Waals surface area (Å²) in [4.78, 5) is 10.9. The SMILES string of the molecule is CC(=O)Nc1nnc(S(=O)(=O)NCCC(C)c2ccccc2)s1. The van der Waals surface area contributed by atoms with Gasteiger partial charge < -0.3 is 5.32 Å². The summed E-state index contributed by atoms with van der Waals surface area (Å²) in [7, 11) is -3.71. The normalized spacial score (nSPS) is 12.8. The van der Waals surface area contributed by atoms with E-state index in [0.717, 1.165) is 16.9 Å². The Hall–Kier alpha value is -1.84. The molecule has 0 radical (unpaired) electrons. The molecule has 0 saturated carbocycles. The van der Waals surface area contributed by atoms with Crippen LogP contribution in [0.25, 0.3) is 0 Å². The standard InChI is InChI=1S/C14H18N4O3S2/c1-10(12-6-4-3-5-7-12)8-9-15-23(20,21)14-18-17-13(22-14)16-11(2)19/h3-7,10,15H,8-9H2,1-2H3,(H,16,17,19). The van der Waals surface area contributed by atoms with Crippen LogP contribution in [0.4, 0.5) is 5.13 Å². The Morgan fingerprint density at radius 3 is 2.61 bits per heavy atom. The molecule has 9 heteroatoms. The largest absolute Gasteiger partial charge is 0.301 e. The van der Waals surface area contributed by atoms with E-state index in [2.05, 4.69) is 20.2 Å². The lowest BCUT2D eigenvalue weighted by molar-refractivity contribution is -0.114. The number of nitrogens with zero attached hydrogens (tertiary/aromatic N) is 2. The number of aromatic nitrogens is 2. The van der Waals surface area contributed by atoms with Crippen molar-refractivity contribution >= 4 is 32.4 Å². The van der Waals surface area contributed by atoms with Crippen molar-refractivity contribution in [3.63, 3.8) is 0 Å². The van der Waals surface area contributed by atoms with E-state index in [9.17, 15) is 13.2 Å². The number of nitrogens with one attached hydrogen (secondary N) is 2. The van der Waals surface area contributed by atoms with Crippen LogP contribution in [0.1, 0.15) is 31.7 Å². The maximum absolute atomic E-state index is 12.1. The highest BCUT2D eigenvalue weighted by Crippen LogP contribution is 2.21. The van der Waals surface area contributed by atoms with Crippen LogP contribution in [0.15, 0.2) is 34.7 Å². The number of hydrogen-bond acceptors (Lipinski definition) is 6. The average Bonchev–Trinajstić information content (AvgIpc) is 2.96. The Bertz CT molecular complexity index is 759. The van der Waals surface area contributed by atoms with Crippen LogP contribution < -0.4 is 10.0 Å². The number of anilines is 1. The molecule has 7 nitrogen and oxygen atoms in total. The maximum Gasteiger partial charge on any atom is 0.269 e. The molecule has 23 heavy (non-hydrogen) atoms. The molecule has 1 atom stereocenters. The van der Waals surface area contributed by atoms with Gasteiger partial charge in [0, 0.05) is 13.5 Å². The summed E-state index contributed by atoms with van der Waals surface area (Å²) in [5, 5.41) is 9.80. The van der Waals surface area contributed by atoms with E-state index in [1.54, 1.807) is 0 Å². The topological polar surface area (TPSA) is 101 Å². The van der Waals surface area contributed by atoms with E-state index in [4.69, 9.17) is 0 Å². The molecule has 0 spiro atoms. The predicted octanol–water partition coefficient (Wildman–Crippen LogP) is 1.97. The smallest absolute Gasteiger partial charge is 0.269 e. The van der Waals surface area contributed by atoms with Gasteiger partial charge in [-0.05, 0) is 17.9 Å². The minimum Gasteiger partial charge on any atom is -0.301 e. The second-order valence-corrected chi connectivity index (χ2v) is 7.97. The van der Waals surface area contributed by atoms with Crippen LogP contribution in [0.5, 0.6) is 0 Å². The van der Waals surface area contributed by atoms with Crippen LogP contribution in [0.2, 0.25) is 0 Å². The van der Waals surface area contributed by atoms with Gasteiger partial charge in [-0.25, -0.2) is 13.1 Å². The first-order chi connectivity index (χ1) is 10.9. The van der Waals surface area contributed by atoms with E-state index >= 15 is 0 Å². The Balaban J connectivity index is 1.91. The highest BCUT2D eigenvalue weighted by atomic mass is 32.2. The highest BCUT2D eigenvalue weighted by molar-refractivity contribution is 7.91. The lowest BCUT2D eigenvalue weighted by Crippen LogP contribution is -2.25. The second kappa shape index (κ2) is 7.62. The molecular formula is C14H18N4O3S2. The summed E-state index contributed by atoms with van der Waals surface area (Å²) >= 11 is 0.819. The van der Waals surface area contributed by atoms with E-state index < -0.39 is 10.0 Å². The molecule has 124 valence electrons. The van der Waals surface area contributed by atoms with Crippen molar-refractivity contribution < 1.29 is 13.2 Å². The first-order valence-corrected chi connectivity index (χ1v) is 9.34. The van der Waals surface area contributed by atoms with Crippen LogP contribution in [-0.4, -0.2) is 31.1 Å². The number of carbonyl (C=O) groups excluding carboxylic acids is 1. The highest BCUT2D eigenvalue weighted by Gasteiger charge is 2.20. The fourth-order valence-electron chi connectivity index (χ4n) is 1.94. The molecular weight excluding hydrogens is 336 g/mol. The van der Waals surface area contributed by atoms with Crippen molar-refractivity contribution in [3.8, 4) is 0 Å². The maximum atomic E-state index is 12.1. The van der Waals surface area contributed by atoms with Crippen LogP contribution in [0.3, 0.4) is 0 Å². The van der Waals surface area contributed by atoms with Crippen molar-refractivity contribution in [2.24, 2.45) is 0 Å². The minimum absolute atomic E-state index is 0.159. The average molecular weight is 354 g/mol. The third kappa shape index (κ3) is 5.08. The summed E-state index contributed by atoms with van der Waals surface area (Å²) in [6.07, 6.45) is 0.667. The molecule has 1 aromatic carbocycles. The number of sulfonamides is 1. The van der Waals surface area contributed by atoms with E-state index in [1.807, 2.05) is 37.3 Å². The van der Waals surface area contributed by atoms with E-state index in [0.29, 0.717) is 13.0 Å². The van der Waals surface area contributed by atoms with Crippen molar-refractivity contribution in [1.82, 2.24) is 14.9 Å². The molecule has 2 rings (SSSR count). The first-order valence-electron chi connectivity index (χ1n) is 7.04. The molecule has 2 aromatic rings. The number of hydrogen-bond donors (Lipinski definition) is 2. The quantitative estimate of drug-likeness (QED) is 0.740. The number of amides is 1. The summed E-state index contributed by atoms with van der Waals surface area (Å²) in [5.74, 6) is -0.0852. The minimum atomic E-state index is -3.71. The van der Waals surface area contributed by atoms with Gasteiger partial charge in [0.2, 0.25) is 15.4 Å². The zero-order chi connectivity index (χ0) is 16.9. The fraction of sp³-hybridized carbons (Fsp3) is 0.357. The van der Waals surface area contributed by atoms with E-state index in [-0.39, 0.29) is 21.3 Å². The molecule has 1 unspecified atom stereocenters. The van der Waals surface area contributed by atoms with Crippen LogP contribution >= 0.6 is 11.3 Å². The number of carbonyl (C=O) groups is 1. The first kappa shape index (κ1) is 17.5.